The third-order valence-electron chi connectivity index (χ3n) is 2.98. The van der Waals surface area contributed by atoms with Gasteiger partial charge < -0.3 is 19.8 Å². The molecule has 8 nitrogen and oxygen atoms in total. The number of amides is 2. The molecule has 1 fully saturated rings. The number of carboxylic acid groups (broad SMARTS) is 1. The maximum absolute atomic E-state index is 11.8. The molecule has 0 radical (unpaired) electrons. The van der Waals surface area contributed by atoms with E-state index in [1.54, 1.807) is 6.92 Å². The van der Waals surface area contributed by atoms with Crippen LogP contribution in [0.15, 0.2) is 4.52 Å². The van der Waals surface area contributed by atoms with Crippen LogP contribution in [-0.2, 0) is 11.2 Å². The summed E-state index contributed by atoms with van der Waals surface area (Å²) in [6.45, 7) is 2.53. The highest BCUT2D eigenvalue weighted by Crippen LogP contribution is 2.17. The molecular formula is C11H16N4O4. The number of likely N-dealkylation sites (tertiary alicyclic amines) is 1. The maximum atomic E-state index is 11.8. The highest BCUT2D eigenvalue weighted by Gasteiger charge is 2.33. The van der Waals surface area contributed by atoms with Crippen LogP contribution in [0.1, 0.15) is 24.6 Å². The fourth-order valence-corrected chi connectivity index (χ4v) is 2.09. The molecule has 1 aromatic heterocycles. The third kappa shape index (κ3) is 3.21. The summed E-state index contributed by atoms with van der Waals surface area (Å²) in [6, 6.07) is -1.08. The van der Waals surface area contributed by atoms with E-state index in [0.29, 0.717) is 44.1 Å². The van der Waals surface area contributed by atoms with Gasteiger partial charge in [0.05, 0.1) is 0 Å². The molecule has 0 saturated carbocycles. The number of urea groups is 1. The van der Waals surface area contributed by atoms with Crippen molar-refractivity contribution in [3.63, 3.8) is 0 Å². The van der Waals surface area contributed by atoms with Crippen LogP contribution in [0.5, 0.6) is 0 Å². The van der Waals surface area contributed by atoms with Gasteiger partial charge in [-0.05, 0) is 19.8 Å². The van der Waals surface area contributed by atoms with Crippen molar-refractivity contribution in [3.05, 3.63) is 11.7 Å². The van der Waals surface area contributed by atoms with Gasteiger partial charge in [-0.2, -0.15) is 4.98 Å². The van der Waals surface area contributed by atoms with E-state index in [0.717, 1.165) is 0 Å². The van der Waals surface area contributed by atoms with Crippen LogP contribution < -0.4 is 5.32 Å². The van der Waals surface area contributed by atoms with Crippen molar-refractivity contribution < 1.29 is 19.2 Å². The smallest absolute Gasteiger partial charge is 0.326 e. The summed E-state index contributed by atoms with van der Waals surface area (Å²) in [4.78, 5) is 28.2. The summed E-state index contributed by atoms with van der Waals surface area (Å²) in [5.41, 5.74) is 0. The van der Waals surface area contributed by atoms with Gasteiger partial charge >= 0.3 is 12.0 Å². The number of hydrogen-bond donors (Lipinski definition) is 2. The fraction of sp³-hybridized carbons (Fsp3) is 0.636. The Hall–Kier alpha value is -2.12. The zero-order valence-electron chi connectivity index (χ0n) is 10.6. The lowest BCUT2D eigenvalue weighted by Crippen LogP contribution is -2.46. The normalized spacial score (nSPS) is 18.6. The Kier molecular flexibility index (Phi) is 3.98. The Morgan fingerprint density at radius 3 is 3.00 bits per heavy atom. The van der Waals surface area contributed by atoms with Gasteiger partial charge in [0.25, 0.3) is 0 Å². The number of hydrogen-bond acceptors (Lipinski definition) is 5. The number of carboxylic acids is 1. The van der Waals surface area contributed by atoms with Gasteiger partial charge in [0, 0.05) is 19.5 Å². The molecule has 2 amide bonds. The Morgan fingerprint density at radius 2 is 2.37 bits per heavy atom. The molecule has 1 atom stereocenters. The minimum Gasteiger partial charge on any atom is -0.480 e. The van der Waals surface area contributed by atoms with Crippen molar-refractivity contribution in [3.8, 4) is 0 Å². The molecule has 1 saturated heterocycles. The molecule has 104 valence electrons. The minimum absolute atomic E-state index is 0.337. The van der Waals surface area contributed by atoms with Gasteiger partial charge in [0.1, 0.15) is 6.04 Å². The largest absolute Gasteiger partial charge is 0.480 e. The van der Waals surface area contributed by atoms with Crippen LogP contribution in [0.2, 0.25) is 0 Å². The van der Waals surface area contributed by atoms with E-state index in [1.165, 1.54) is 4.90 Å². The number of carbonyl (C=O) groups is 2. The SMILES string of the molecule is Cc1noc(CCNC(=O)N2CCC[C@@H]2C(=O)O)n1. The monoisotopic (exact) mass is 268 g/mol. The van der Waals surface area contributed by atoms with Gasteiger partial charge in [0.15, 0.2) is 5.82 Å². The Labute approximate surface area is 109 Å². The van der Waals surface area contributed by atoms with E-state index >= 15 is 0 Å². The lowest BCUT2D eigenvalue weighted by molar-refractivity contribution is -0.141. The van der Waals surface area contributed by atoms with Crippen LogP contribution in [-0.4, -0.2) is 51.3 Å². The topological polar surface area (TPSA) is 109 Å². The average Bonchev–Trinajstić information content (AvgIpc) is 2.97. The number of carbonyl (C=O) groups excluding carboxylic acids is 1. The zero-order valence-corrected chi connectivity index (χ0v) is 10.6. The van der Waals surface area contributed by atoms with Crippen molar-refractivity contribution in [2.75, 3.05) is 13.1 Å². The van der Waals surface area contributed by atoms with Crippen molar-refractivity contribution in [2.24, 2.45) is 0 Å². The summed E-state index contributed by atoms with van der Waals surface area (Å²) in [5.74, 6) is 0.0426. The first kappa shape index (κ1) is 13.3. The third-order valence-corrected chi connectivity index (χ3v) is 2.98. The number of aryl methyl sites for hydroxylation is 1. The highest BCUT2D eigenvalue weighted by molar-refractivity contribution is 5.83. The van der Waals surface area contributed by atoms with Crippen LogP contribution in [0.25, 0.3) is 0 Å². The van der Waals surface area contributed by atoms with Crippen LogP contribution in [0.3, 0.4) is 0 Å². The summed E-state index contributed by atoms with van der Waals surface area (Å²) >= 11 is 0. The van der Waals surface area contributed by atoms with E-state index in [4.69, 9.17) is 9.63 Å². The number of nitrogens with one attached hydrogen (secondary N) is 1. The first-order chi connectivity index (χ1) is 9.08. The summed E-state index contributed by atoms with van der Waals surface area (Å²) in [6.07, 6.45) is 1.65. The number of aliphatic carboxylic acids is 1. The van der Waals surface area contributed by atoms with E-state index in [2.05, 4.69) is 15.5 Å². The second-order valence-electron chi connectivity index (χ2n) is 4.41. The average molecular weight is 268 g/mol. The van der Waals surface area contributed by atoms with Crippen molar-refractivity contribution >= 4 is 12.0 Å². The number of nitrogens with zero attached hydrogens (tertiary/aromatic N) is 3. The van der Waals surface area contributed by atoms with E-state index in [1.807, 2.05) is 0 Å². The lowest BCUT2D eigenvalue weighted by Gasteiger charge is -2.21. The molecule has 0 aromatic carbocycles. The molecule has 0 unspecified atom stereocenters. The first-order valence-electron chi connectivity index (χ1n) is 6.14. The van der Waals surface area contributed by atoms with Crippen molar-refractivity contribution in [1.82, 2.24) is 20.4 Å². The molecule has 1 aliphatic rings. The van der Waals surface area contributed by atoms with Gasteiger partial charge in [-0.15, -0.1) is 0 Å². The summed E-state index contributed by atoms with van der Waals surface area (Å²) in [7, 11) is 0. The molecule has 19 heavy (non-hydrogen) atoms. The molecule has 2 N–H and O–H groups in total. The van der Waals surface area contributed by atoms with Gasteiger partial charge in [-0.25, -0.2) is 9.59 Å². The van der Waals surface area contributed by atoms with Crippen LogP contribution >= 0.6 is 0 Å². The van der Waals surface area contributed by atoms with Gasteiger partial charge in [-0.3, -0.25) is 0 Å². The van der Waals surface area contributed by atoms with E-state index in [9.17, 15) is 9.59 Å². The molecule has 0 aliphatic carbocycles. The highest BCUT2D eigenvalue weighted by atomic mass is 16.5. The van der Waals surface area contributed by atoms with Crippen LogP contribution in [0, 0.1) is 6.92 Å². The first-order valence-corrected chi connectivity index (χ1v) is 6.14. The van der Waals surface area contributed by atoms with Crippen molar-refractivity contribution in [1.29, 1.82) is 0 Å². The molecule has 0 spiro atoms. The predicted molar refractivity (Wildman–Crippen MR) is 63.5 cm³/mol. The van der Waals surface area contributed by atoms with E-state index < -0.39 is 12.0 Å². The minimum atomic E-state index is -0.958. The van der Waals surface area contributed by atoms with Crippen LogP contribution in [0.4, 0.5) is 4.79 Å². The molecule has 1 aliphatic heterocycles. The quantitative estimate of drug-likeness (QED) is 0.806. The Balaban J connectivity index is 1.79. The van der Waals surface area contributed by atoms with Gasteiger partial charge in [-0.1, -0.05) is 5.16 Å². The molecule has 0 bridgehead atoms. The number of aromatic nitrogens is 2. The molecule has 2 rings (SSSR count). The fourth-order valence-electron chi connectivity index (χ4n) is 2.09. The Morgan fingerprint density at radius 1 is 1.58 bits per heavy atom. The van der Waals surface area contributed by atoms with Gasteiger partial charge in [0.2, 0.25) is 5.89 Å². The molecule has 8 heteroatoms. The second-order valence-corrected chi connectivity index (χ2v) is 4.41. The maximum Gasteiger partial charge on any atom is 0.326 e. The summed E-state index contributed by atoms with van der Waals surface area (Å²) < 4.78 is 4.91. The molecule has 2 heterocycles. The standard InChI is InChI=1S/C11H16N4O4/c1-7-13-9(19-14-7)4-5-12-11(18)15-6-2-3-8(15)10(16)17/h8H,2-6H2,1H3,(H,12,18)(H,16,17)/t8-/m1/s1. The molecule has 1 aromatic rings. The Bertz CT molecular complexity index is 473. The summed E-state index contributed by atoms with van der Waals surface area (Å²) in [5, 5.41) is 15.3. The zero-order chi connectivity index (χ0) is 13.8. The molecular weight excluding hydrogens is 252 g/mol. The number of rotatable bonds is 4. The van der Waals surface area contributed by atoms with E-state index in [-0.39, 0.29) is 6.03 Å². The van der Waals surface area contributed by atoms with Crippen molar-refractivity contribution in [2.45, 2.75) is 32.2 Å². The predicted octanol–water partition coefficient (Wildman–Crippen LogP) is 0.179. The second kappa shape index (κ2) is 5.68. The lowest BCUT2D eigenvalue weighted by atomic mass is 10.2.